The number of carbonyl (C=O) groups is 2. The normalized spacial score (nSPS) is 12.2. The van der Waals surface area contributed by atoms with Crippen molar-refractivity contribution >= 4 is 34.0 Å². The maximum Gasteiger partial charge on any atom is 0.262 e. The van der Waals surface area contributed by atoms with Gasteiger partial charge < -0.3 is 14.8 Å². The summed E-state index contributed by atoms with van der Waals surface area (Å²) in [6, 6.07) is 10.0. The van der Waals surface area contributed by atoms with E-state index >= 15 is 0 Å². The Labute approximate surface area is 197 Å². The SMILES string of the molecule is COc1cc(C=NNC(=O)C(NC(=O)c2ccc(C)cc2)C(C)C)cc(Br)c1OC(C)C. The third-order valence-corrected chi connectivity index (χ3v) is 5.13. The summed E-state index contributed by atoms with van der Waals surface area (Å²) in [5, 5.41) is 6.84. The predicted molar refractivity (Wildman–Crippen MR) is 129 cm³/mol. The van der Waals surface area contributed by atoms with E-state index in [4.69, 9.17) is 9.47 Å². The van der Waals surface area contributed by atoms with Crippen molar-refractivity contribution in [2.75, 3.05) is 7.11 Å². The quantitative estimate of drug-likeness (QED) is 0.390. The van der Waals surface area contributed by atoms with E-state index < -0.39 is 11.9 Å². The van der Waals surface area contributed by atoms with Crippen LogP contribution in [0.4, 0.5) is 0 Å². The van der Waals surface area contributed by atoms with Gasteiger partial charge in [0.05, 0.1) is 23.9 Å². The van der Waals surface area contributed by atoms with Gasteiger partial charge in [0.15, 0.2) is 11.5 Å². The number of hydrogen-bond donors (Lipinski definition) is 2. The van der Waals surface area contributed by atoms with Crippen LogP contribution in [0.15, 0.2) is 46.0 Å². The van der Waals surface area contributed by atoms with Crippen LogP contribution < -0.4 is 20.2 Å². The van der Waals surface area contributed by atoms with E-state index in [0.717, 1.165) is 5.56 Å². The number of ether oxygens (including phenoxy) is 2. The number of nitrogens with one attached hydrogen (secondary N) is 2. The van der Waals surface area contributed by atoms with Gasteiger partial charge in [0.25, 0.3) is 11.8 Å². The molecular formula is C24H30BrN3O4. The van der Waals surface area contributed by atoms with Crippen molar-refractivity contribution in [3.8, 4) is 11.5 Å². The van der Waals surface area contributed by atoms with Crippen molar-refractivity contribution in [3.63, 3.8) is 0 Å². The summed E-state index contributed by atoms with van der Waals surface area (Å²) in [6.07, 6.45) is 1.49. The van der Waals surface area contributed by atoms with Crippen LogP contribution in [0.3, 0.4) is 0 Å². The highest BCUT2D eigenvalue weighted by atomic mass is 79.9. The molecule has 32 heavy (non-hydrogen) atoms. The zero-order chi connectivity index (χ0) is 23.8. The van der Waals surface area contributed by atoms with Gasteiger partial charge >= 0.3 is 0 Å². The highest BCUT2D eigenvalue weighted by Crippen LogP contribution is 2.36. The fourth-order valence-electron chi connectivity index (χ4n) is 2.87. The maximum atomic E-state index is 12.7. The molecule has 0 fully saturated rings. The number of amides is 2. The second kappa shape index (κ2) is 11.7. The van der Waals surface area contributed by atoms with Gasteiger partial charge in [0.1, 0.15) is 6.04 Å². The molecule has 172 valence electrons. The Bertz CT molecular complexity index is 972. The third kappa shape index (κ3) is 7.09. The molecule has 0 aliphatic heterocycles. The smallest absolute Gasteiger partial charge is 0.262 e. The van der Waals surface area contributed by atoms with Crippen molar-refractivity contribution < 1.29 is 19.1 Å². The first-order valence-electron chi connectivity index (χ1n) is 10.4. The molecule has 0 heterocycles. The zero-order valence-corrected chi connectivity index (χ0v) is 20.8. The lowest BCUT2D eigenvalue weighted by Crippen LogP contribution is -2.48. The monoisotopic (exact) mass is 503 g/mol. The van der Waals surface area contributed by atoms with Gasteiger partial charge in [-0.25, -0.2) is 5.43 Å². The van der Waals surface area contributed by atoms with Crippen LogP contribution in [0.5, 0.6) is 11.5 Å². The van der Waals surface area contributed by atoms with Crippen LogP contribution >= 0.6 is 15.9 Å². The van der Waals surface area contributed by atoms with E-state index in [1.54, 1.807) is 25.3 Å². The van der Waals surface area contributed by atoms with Crippen LogP contribution in [-0.2, 0) is 4.79 Å². The Balaban J connectivity index is 2.08. The number of rotatable bonds is 9. The second-order valence-corrected chi connectivity index (χ2v) is 8.85. The molecule has 0 bridgehead atoms. The van der Waals surface area contributed by atoms with Crippen molar-refractivity contribution in [1.82, 2.24) is 10.7 Å². The molecule has 0 aliphatic rings. The number of nitrogens with zero attached hydrogens (tertiary/aromatic N) is 1. The van der Waals surface area contributed by atoms with Crippen molar-refractivity contribution in [3.05, 3.63) is 57.6 Å². The van der Waals surface area contributed by atoms with Crippen LogP contribution in [0.1, 0.15) is 49.2 Å². The molecule has 2 aromatic rings. The summed E-state index contributed by atoms with van der Waals surface area (Å²) in [7, 11) is 1.56. The summed E-state index contributed by atoms with van der Waals surface area (Å²) in [5.41, 5.74) is 4.77. The molecule has 2 amide bonds. The molecule has 2 rings (SSSR count). The number of carbonyl (C=O) groups excluding carboxylic acids is 2. The fourth-order valence-corrected chi connectivity index (χ4v) is 3.42. The summed E-state index contributed by atoms with van der Waals surface area (Å²) in [4.78, 5) is 25.2. The standard InChI is InChI=1S/C24H30BrN3O4/c1-14(2)21(27-23(29)18-9-7-16(5)8-10-18)24(30)28-26-13-17-11-19(25)22(32-15(3)4)20(12-17)31-6/h7-15,21H,1-6H3,(H,27,29)(H,28,30). The van der Waals surface area contributed by atoms with Gasteiger partial charge in [-0.05, 0) is 72.4 Å². The highest BCUT2D eigenvalue weighted by molar-refractivity contribution is 9.10. The molecule has 1 atom stereocenters. The lowest BCUT2D eigenvalue weighted by molar-refractivity contribution is -0.123. The Kier molecular flexibility index (Phi) is 9.26. The highest BCUT2D eigenvalue weighted by Gasteiger charge is 2.24. The minimum atomic E-state index is -0.732. The number of hydrogen-bond acceptors (Lipinski definition) is 5. The van der Waals surface area contributed by atoms with Crippen LogP contribution in [0, 0.1) is 12.8 Å². The van der Waals surface area contributed by atoms with E-state index in [1.807, 2.05) is 52.8 Å². The summed E-state index contributed by atoms with van der Waals surface area (Å²) >= 11 is 3.48. The van der Waals surface area contributed by atoms with Gasteiger partial charge in [0, 0.05) is 5.56 Å². The molecule has 0 saturated heterocycles. The Morgan fingerprint density at radius 1 is 1.09 bits per heavy atom. The predicted octanol–water partition coefficient (Wildman–Crippen LogP) is 4.46. The zero-order valence-electron chi connectivity index (χ0n) is 19.2. The van der Waals surface area contributed by atoms with Crippen LogP contribution in [0.2, 0.25) is 0 Å². The molecule has 8 heteroatoms. The Morgan fingerprint density at radius 3 is 2.31 bits per heavy atom. The van der Waals surface area contributed by atoms with Gasteiger partial charge in [-0.15, -0.1) is 0 Å². The van der Waals surface area contributed by atoms with Gasteiger partial charge in [-0.2, -0.15) is 5.10 Å². The largest absolute Gasteiger partial charge is 0.493 e. The first kappa shape index (κ1) is 25.4. The summed E-state index contributed by atoms with van der Waals surface area (Å²) < 4.78 is 11.9. The van der Waals surface area contributed by atoms with Gasteiger partial charge in [-0.3, -0.25) is 9.59 Å². The number of benzene rings is 2. The molecule has 2 aromatic carbocycles. The number of aryl methyl sites for hydroxylation is 1. The van der Waals surface area contributed by atoms with Crippen molar-refractivity contribution in [2.24, 2.45) is 11.0 Å². The molecule has 1 unspecified atom stereocenters. The van der Waals surface area contributed by atoms with Gasteiger partial charge in [-0.1, -0.05) is 31.5 Å². The molecule has 0 radical (unpaired) electrons. The van der Waals surface area contributed by atoms with Gasteiger partial charge in [0.2, 0.25) is 0 Å². The Hall–Kier alpha value is -2.87. The maximum absolute atomic E-state index is 12.7. The number of hydrazone groups is 1. The van der Waals surface area contributed by atoms with Crippen molar-refractivity contribution in [2.45, 2.75) is 46.8 Å². The number of halogens is 1. The van der Waals surface area contributed by atoms with E-state index in [-0.39, 0.29) is 17.9 Å². The molecule has 7 nitrogen and oxygen atoms in total. The lowest BCUT2D eigenvalue weighted by atomic mass is 10.0. The van der Waals surface area contributed by atoms with E-state index in [1.165, 1.54) is 6.21 Å². The summed E-state index contributed by atoms with van der Waals surface area (Å²) in [6.45, 7) is 9.53. The molecule has 0 aromatic heterocycles. The summed E-state index contributed by atoms with van der Waals surface area (Å²) in [5.74, 6) is 0.315. The molecule has 0 aliphatic carbocycles. The molecule has 2 N–H and O–H groups in total. The molecule has 0 spiro atoms. The average Bonchev–Trinajstić information content (AvgIpc) is 2.73. The topological polar surface area (TPSA) is 89.0 Å². The van der Waals surface area contributed by atoms with Crippen LogP contribution in [-0.4, -0.2) is 37.3 Å². The van der Waals surface area contributed by atoms with E-state index in [9.17, 15) is 9.59 Å². The number of methoxy groups -OCH3 is 1. The second-order valence-electron chi connectivity index (χ2n) is 8.00. The Morgan fingerprint density at radius 2 is 1.75 bits per heavy atom. The average molecular weight is 504 g/mol. The fraction of sp³-hybridized carbons (Fsp3) is 0.375. The first-order chi connectivity index (χ1) is 15.1. The van der Waals surface area contributed by atoms with Crippen LogP contribution in [0.25, 0.3) is 0 Å². The van der Waals surface area contributed by atoms with E-state index in [0.29, 0.717) is 27.1 Å². The lowest BCUT2D eigenvalue weighted by Gasteiger charge is -2.20. The third-order valence-electron chi connectivity index (χ3n) is 4.54. The van der Waals surface area contributed by atoms with Crippen molar-refractivity contribution in [1.29, 1.82) is 0 Å². The molecule has 0 saturated carbocycles. The minimum Gasteiger partial charge on any atom is -0.493 e. The minimum absolute atomic E-state index is 0.0120. The van der Waals surface area contributed by atoms with E-state index in [2.05, 4.69) is 31.8 Å². The molecular weight excluding hydrogens is 474 g/mol. The first-order valence-corrected chi connectivity index (χ1v) is 11.2.